The second kappa shape index (κ2) is 8.99. The Morgan fingerprint density at radius 3 is 1.95 bits per heavy atom. The number of benzene rings is 2. The van der Waals surface area contributed by atoms with Crippen LogP contribution in [0.25, 0.3) is 55.8 Å². The molecule has 5 heterocycles. The molecule has 0 aliphatic rings. The topological polar surface area (TPSA) is 39.1 Å². The third kappa shape index (κ3) is 3.57. The highest BCUT2D eigenvalue weighted by Gasteiger charge is 2.24. The molecule has 0 amide bonds. The molecule has 194 valence electrons. The van der Waals surface area contributed by atoms with Gasteiger partial charge in [-0.05, 0) is 63.1 Å². The lowest BCUT2D eigenvalue weighted by atomic mass is 10.0. The molecular formula is C30H19Cl2NO2S4. The second-order valence-electron chi connectivity index (χ2n) is 9.61. The van der Waals surface area contributed by atoms with Crippen LogP contribution in [-0.4, -0.2) is 4.57 Å². The van der Waals surface area contributed by atoms with Crippen LogP contribution in [0.1, 0.15) is 20.9 Å². The molecule has 39 heavy (non-hydrogen) atoms. The quantitative estimate of drug-likeness (QED) is 0.192. The van der Waals surface area contributed by atoms with Crippen LogP contribution in [-0.2, 0) is 0 Å². The molecule has 9 heteroatoms. The minimum atomic E-state index is -0.322. The van der Waals surface area contributed by atoms with E-state index in [9.17, 15) is 9.59 Å². The Morgan fingerprint density at radius 1 is 0.667 bits per heavy atom. The fraction of sp³-hybridized carbons (Fsp3) is 0.133. The number of hydrogen-bond donors (Lipinski definition) is 0. The third-order valence-electron chi connectivity index (χ3n) is 7.19. The van der Waals surface area contributed by atoms with Crippen LogP contribution in [0.2, 0.25) is 10.0 Å². The van der Waals surface area contributed by atoms with Crippen LogP contribution in [0.15, 0.2) is 52.1 Å². The van der Waals surface area contributed by atoms with Crippen LogP contribution in [0.3, 0.4) is 0 Å². The van der Waals surface area contributed by atoms with Crippen molar-refractivity contribution in [2.24, 2.45) is 0 Å². The Hall–Kier alpha value is -2.52. The molecule has 0 aliphatic carbocycles. The van der Waals surface area contributed by atoms with Gasteiger partial charge in [0.15, 0.2) is 0 Å². The molecule has 0 unspecified atom stereocenters. The number of thiophene rings is 4. The molecular weight excluding hydrogens is 606 g/mol. The summed E-state index contributed by atoms with van der Waals surface area (Å²) in [5, 5.41) is 4.73. The summed E-state index contributed by atoms with van der Waals surface area (Å²) in [6.45, 7) is 8.25. The average molecular weight is 625 g/mol. The summed E-state index contributed by atoms with van der Waals surface area (Å²) in [7, 11) is 0. The predicted octanol–water partition coefficient (Wildman–Crippen LogP) is 10.3. The molecule has 0 spiro atoms. The van der Waals surface area contributed by atoms with Crippen molar-refractivity contribution in [2.45, 2.75) is 27.7 Å². The molecule has 7 aromatic rings. The van der Waals surface area contributed by atoms with Crippen molar-refractivity contribution in [2.75, 3.05) is 0 Å². The smallest absolute Gasteiger partial charge is 0.266 e. The van der Waals surface area contributed by atoms with Gasteiger partial charge in [0.1, 0.15) is 0 Å². The van der Waals surface area contributed by atoms with Gasteiger partial charge in [0.25, 0.3) is 11.1 Å². The Balaban J connectivity index is 1.59. The molecule has 0 N–H and O–H groups in total. The van der Waals surface area contributed by atoms with Gasteiger partial charge in [0, 0.05) is 34.8 Å². The minimum absolute atomic E-state index is 0.297. The molecule has 2 aromatic carbocycles. The van der Waals surface area contributed by atoms with Crippen LogP contribution < -0.4 is 11.1 Å². The fourth-order valence-electron chi connectivity index (χ4n) is 5.34. The summed E-state index contributed by atoms with van der Waals surface area (Å²) in [6, 6.07) is 12.9. The van der Waals surface area contributed by atoms with Gasteiger partial charge in [-0.1, -0.05) is 41.4 Å². The highest BCUT2D eigenvalue weighted by molar-refractivity contribution is 7.32. The van der Waals surface area contributed by atoms with E-state index >= 15 is 0 Å². The number of halogens is 2. The summed E-state index contributed by atoms with van der Waals surface area (Å²) in [5.41, 5.74) is 2.20. The number of aryl methyl sites for hydroxylation is 4. The summed E-state index contributed by atoms with van der Waals surface area (Å²) >= 11 is 20.3. The van der Waals surface area contributed by atoms with Crippen LogP contribution >= 0.6 is 68.5 Å². The van der Waals surface area contributed by atoms with Crippen molar-refractivity contribution in [3.63, 3.8) is 0 Å². The molecule has 0 fully saturated rings. The Labute approximate surface area is 249 Å². The van der Waals surface area contributed by atoms with E-state index in [4.69, 9.17) is 23.2 Å². The number of nitrogens with zero attached hydrogens (tertiary/aromatic N) is 1. The first-order valence-corrected chi connectivity index (χ1v) is 16.2. The molecule has 3 nitrogen and oxygen atoms in total. The van der Waals surface area contributed by atoms with Crippen molar-refractivity contribution in [1.29, 1.82) is 0 Å². The third-order valence-corrected chi connectivity index (χ3v) is 13.3. The van der Waals surface area contributed by atoms with E-state index in [0.29, 0.717) is 21.5 Å². The van der Waals surface area contributed by atoms with E-state index in [1.54, 1.807) is 46.1 Å². The minimum Gasteiger partial charge on any atom is -0.268 e. The first-order valence-electron chi connectivity index (χ1n) is 12.2. The Kier molecular flexibility index (Phi) is 5.87. The molecule has 0 saturated heterocycles. The van der Waals surface area contributed by atoms with Gasteiger partial charge >= 0.3 is 0 Å². The van der Waals surface area contributed by atoms with Crippen LogP contribution in [0, 0.1) is 27.7 Å². The molecule has 0 radical (unpaired) electrons. The van der Waals surface area contributed by atoms with Gasteiger partial charge in [-0.3, -0.25) is 9.59 Å². The van der Waals surface area contributed by atoms with Crippen molar-refractivity contribution < 1.29 is 0 Å². The molecule has 0 aliphatic heterocycles. The number of para-hydroxylation sites is 1. The molecule has 0 atom stereocenters. The summed E-state index contributed by atoms with van der Waals surface area (Å²) in [6.07, 6.45) is 0. The Morgan fingerprint density at radius 2 is 1.26 bits per heavy atom. The highest BCUT2D eigenvalue weighted by atomic mass is 35.5. The van der Waals surface area contributed by atoms with E-state index in [-0.39, 0.29) is 11.1 Å². The molecule has 5 aromatic heterocycles. The maximum atomic E-state index is 14.0. The number of aromatic nitrogens is 1. The molecule has 7 rings (SSSR count). The van der Waals surface area contributed by atoms with Crippen molar-refractivity contribution >= 4 is 109 Å². The van der Waals surface area contributed by atoms with E-state index in [0.717, 1.165) is 60.5 Å². The maximum Gasteiger partial charge on any atom is 0.266 e. The first kappa shape index (κ1) is 25.4. The largest absolute Gasteiger partial charge is 0.268 e. The van der Waals surface area contributed by atoms with Crippen molar-refractivity contribution in [3.8, 4) is 15.4 Å². The predicted molar refractivity (Wildman–Crippen MR) is 174 cm³/mol. The Bertz CT molecular complexity index is 2280. The lowest BCUT2D eigenvalue weighted by Crippen LogP contribution is -2.28. The normalized spacial score (nSPS) is 12.1. The van der Waals surface area contributed by atoms with Crippen molar-refractivity contribution in [1.82, 2.24) is 4.57 Å². The molecule has 0 bridgehead atoms. The van der Waals surface area contributed by atoms with E-state index in [1.807, 2.05) is 44.2 Å². The summed E-state index contributed by atoms with van der Waals surface area (Å²) < 4.78 is 5.23. The lowest BCUT2D eigenvalue weighted by molar-refractivity contribution is 0.976. The number of rotatable bonds is 2. The maximum absolute atomic E-state index is 14.0. The number of fused-ring (bicyclic) bond motifs is 5. The van der Waals surface area contributed by atoms with E-state index in [2.05, 4.69) is 13.8 Å². The van der Waals surface area contributed by atoms with Gasteiger partial charge in [0.05, 0.1) is 40.8 Å². The van der Waals surface area contributed by atoms with Crippen LogP contribution in [0.5, 0.6) is 0 Å². The average Bonchev–Trinajstić information content (AvgIpc) is 3.66. The first-order chi connectivity index (χ1) is 18.7. The monoisotopic (exact) mass is 623 g/mol. The van der Waals surface area contributed by atoms with Crippen molar-refractivity contribution in [3.05, 3.63) is 94.1 Å². The van der Waals surface area contributed by atoms with Gasteiger partial charge in [-0.15, -0.1) is 45.3 Å². The lowest BCUT2D eigenvalue weighted by Gasteiger charge is -2.05. The van der Waals surface area contributed by atoms with E-state index < -0.39 is 0 Å². The van der Waals surface area contributed by atoms with E-state index in [1.165, 1.54) is 20.6 Å². The van der Waals surface area contributed by atoms with Gasteiger partial charge in [-0.25, -0.2) is 4.57 Å². The van der Waals surface area contributed by atoms with Crippen LogP contribution in [0.4, 0.5) is 0 Å². The summed E-state index contributed by atoms with van der Waals surface area (Å²) in [4.78, 5) is 31.6. The standard InChI is InChI=1S/C30H19Cl2NO2S4/c1-12-10-17-26(36-12)27-18(30(35)33(29(17)34)16-8-6-5-7-9-16)11-19(38-27)28-23(32)21-14(3)24-20(13(2)25(21)39-28)22(31)15(4)37-24/h5-11H,1-4H3. The summed E-state index contributed by atoms with van der Waals surface area (Å²) in [5.74, 6) is 0. The zero-order valence-corrected chi connectivity index (χ0v) is 26.0. The zero-order valence-electron chi connectivity index (χ0n) is 21.2. The van der Waals surface area contributed by atoms with Gasteiger partial charge in [-0.2, -0.15) is 0 Å². The number of hydrogen-bond acceptors (Lipinski definition) is 6. The zero-order chi connectivity index (χ0) is 27.3. The highest BCUT2D eigenvalue weighted by Crippen LogP contribution is 2.52. The second-order valence-corrected chi connectivity index (χ2v) is 14.9. The SMILES string of the molecule is Cc1cc2c(=O)n(-c3ccccc3)c(=O)c3cc(-c4sc5c(C)c6c(Cl)c(C)sc6c(C)c5c4Cl)sc3c2s1. The molecule has 0 saturated carbocycles. The van der Waals surface area contributed by atoms with Gasteiger partial charge < -0.3 is 0 Å². The fourth-order valence-corrected chi connectivity index (χ4v) is 11.1. The van der Waals surface area contributed by atoms with Gasteiger partial charge in [0.2, 0.25) is 0 Å².